The second kappa shape index (κ2) is 6.66. The zero-order valence-corrected chi connectivity index (χ0v) is 15.3. The van der Waals surface area contributed by atoms with Gasteiger partial charge in [0.2, 0.25) is 9.54 Å². The summed E-state index contributed by atoms with van der Waals surface area (Å²) in [6.07, 6.45) is 1.75. The molecule has 0 aliphatic rings. The molecule has 3 rings (SSSR count). The smallest absolute Gasteiger partial charge is 0.215 e. The molecule has 0 amide bonds. The zero-order valence-electron chi connectivity index (χ0n) is 13.7. The first-order chi connectivity index (χ1) is 11.5. The molecule has 124 valence electrons. The first-order valence-corrected chi connectivity index (χ1v) is 8.31. The summed E-state index contributed by atoms with van der Waals surface area (Å²) in [4.78, 5) is 0. The van der Waals surface area contributed by atoms with Crippen molar-refractivity contribution in [3.05, 3.63) is 61.9 Å². The summed E-state index contributed by atoms with van der Waals surface area (Å²) in [6.45, 7) is 6.81. The Hall–Kier alpha value is -2.32. The lowest BCUT2D eigenvalue weighted by molar-refractivity contribution is 0.659. The fourth-order valence-corrected chi connectivity index (χ4v) is 2.88. The molecule has 0 atom stereocenters. The second-order valence-electron chi connectivity index (χ2n) is 5.64. The third-order valence-electron chi connectivity index (χ3n) is 3.85. The summed E-state index contributed by atoms with van der Waals surface area (Å²) in [5.74, 6) is 0. The molecule has 0 aliphatic carbocycles. The molecule has 2 aromatic heterocycles. The van der Waals surface area contributed by atoms with Gasteiger partial charge < -0.3 is 0 Å². The molecule has 0 spiro atoms. The van der Waals surface area contributed by atoms with Crippen LogP contribution in [0.2, 0.25) is 0 Å². The Morgan fingerprint density at radius 2 is 1.71 bits per heavy atom. The van der Waals surface area contributed by atoms with E-state index in [4.69, 9.17) is 24.4 Å². The number of aromatic nitrogens is 5. The third-order valence-corrected chi connectivity index (χ3v) is 4.40. The molecule has 24 heavy (non-hydrogen) atoms. The van der Waals surface area contributed by atoms with Crippen molar-refractivity contribution in [1.82, 2.24) is 24.7 Å². The molecule has 6 nitrogen and oxygen atoms in total. The number of aryl methyl sites for hydroxylation is 2. The number of hydrogen-bond acceptors (Lipinski definition) is 4. The van der Waals surface area contributed by atoms with Crippen LogP contribution >= 0.6 is 24.4 Å². The minimum atomic E-state index is 0.429. The fraction of sp³-hybridized carbons (Fsp3) is 0.250. The summed E-state index contributed by atoms with van der Waals surface area (Å²) < 4.78 is 4.32. The van der Waals surface area contributed by atoms with Gasteiger partial charge in [-0.1, -0.05) is 29.8 Å². The molecule has 2 N–H and O–H groups in total. The molecule has 0 saturated heterocycles. The van der Waals surface area contributed by atoms with Crippen LogP contribution in [0.25, 0.3) is 0 Å². The standard InChI is InChI=1S/C16H18N6S2/c1-10-4-6-13(7-5-10)9-21-12(3)14(11(2)20-21)8-17-22-15(23)18-19-16(22)24/h4-8H,9H2,1-3H3,(H,18,23)(H,19,24). The molecular weight excluding hydrogens is 340 g/mol. The van der Waals surface area contributed by atoms with Crippen LogP contribution in [0.15, 0.2) is 29.4 Å². The second-order valence-corrected chi connectivity index (χ2v) is 6.42. The van der Waals surface area contributed by atoms with Crippen molar-refractivity contribution >= 4 is 30.7 Å². The molecule has 0 unspecified atom stereocenters. The summed E-state index contributed by atoms with van der Waals surface area (Å²) in [5.41, 5.74) is 5.40. The average molecular weight is 358 g/mol. The maximum absolute atomic E-state index is 5.13. The highest BCUT2D eigenvalue weighted by atomic mass is 32.1. The van der Waals surface area contributed by atoms with Gasteiger partial charge in [-0.15, -0.1) is 0 Å². The van der Waals surface area contributed by atoms with Crippen molar-refractivity contribution in [1.29, 1.82) is 0 Å². The molecule has 0 fully saturated rings. The predicted molar refractivity (Wildman–Crippen MR) is 99.8 cm³/mol. The van der Waals surface area contributed by atoms with Gasteiger partial charge >= 0.3 is 0 Å². The van der Waals surface area contributed by atoms with Gasteiger partial charge in [-0.3, -0.25) is 14.9 Å². The first-order valence-electron chi connectivity index (χ1n) is 7.49. The topological polar surface area (TPSA) is 66.7 Å². The van der Waals surface area contributed by atoms with E-state index >= 15 is 0 Å². The number of nitrogens with zero attached hydrogens (tertiary/aromatic N) is 4. The average Bonchev–Trinajstić information content (AvgIpc) is 3.00. The lowest BCUT2D eigenvalue weighted by atomic mass is 10.1. The van der Waals surface area contributed by atoms with E-state index in [-0.39, 0.29) is 0 Å². The monoisotopic (exact) mass is 358 g/mol. The van der Waals surface area contributed by atoms with Gasteiger partial charge in [0.25, 0.3) is 0 Å². The van der Waals surface area contributed by atoms with Crippen LogP contribution in [0.1, 0.15) is 28.1 Å². The van der Waals surface area contributed by atoms with Crippen molar-refractivity contribution in [3.8, 4) is 0 Å². The Bertz CT molecular complexity index is 973. The molecule has 0 saturated carbocycles. The van der Waals surface area contributed by atoms with E-state index in [9.17, 15) is 0 Å². The summed E-state index contributed by atoms with van der Waals surface area (Å²) >= 11 is 10.3. The van der Waals surface area contributed by atoms with Crippen LogP contribution in [-0.4, -0.2) is 30.9 Å². The molecular formula is C16H18N6S2. The molecule has 1 aromatic carbocycles. The Morgan fingerprint density at radius 1 is 1.08 bits per heavy atom. The Kier molecular flexibility index (Phi) is 4.59. The van der Waals surface area contributed by atoms with E-state index in [0.717, 1.165) is 23.5 Å². The Morgan fingerprint density at radius 3 is 2.33 bits per heavy atom. The fourth-order valence-electron chi connectivity index (χ4n) is 2.44. The Balaban J connectivity index is 1.90. The first kappa shape index (κ1) is 16.5. The van der Waals surface area contributed by atoms with E-state index < -0.39 is 0 Å². The van der Waals surface area contributed by atoms with Crippen LogP contribution < -0.4 is 0 Å². The lowest BCUT2D eigenvalue weighted by Crippen LogP contribution is -2.04. The number of benzene rings is 1. The number of H-pyrrole nitrogens is 2. The van der Waals surface area contributed by atoms with Gasteiger partial charge in [0, 0.05) is 11.3 Å². The normalized spacial score (nSPS) is 11.5. The SMILES string of the molecule is Cc1ccc(Cn2nc(C)c(C=Nn3c(=S)[nH][nH]c3=S)c2C)cc1. The zero-order chi connectivity index (χ0) is 17.3. The van der Waals surface area contributed by atoms with Gasteiger partial charge in [-0.05, 0) is 50.8 Å². The number of aromatic amines is 2. The van der Waals surface area contributed by atoms with Crippen LogP contribution in [0.3, 0.4) is 0 Å². The number of rotatable bonds is 4. The highest BCUT2D eigenvalue weighted by molar-refractivity contribution is 7.72. The van der Waals surface area contributed by atoms with Crippen LogP contribution in [-0.2, 0) is 6.54 Å². The van der Waals surface area contributed by atoms with E-state index in [2.05, 4.69) is 51.6 Å². The van der Waals surface area contributed by atoms with Crippen molar-refractivity contribution in [2.75, 3.05) is 0 Å². The minimum absolute atomic E-state index is 0.429. The quantitative estimate of drug-likeness (QED) is 0.552. The molecule has 2 heterocycles. The minimum Gasteiger partial charge on any atom is -0.273 e. The highest BCUT2D eigenvalue weighted by Crippen LogP contribution is 2.13. The predicted octanol–water partition coefficient (Wildman–Crippen LogP) is 3.66. The maximum atomic E-state index is 5.13. The van der Waals surface area contributed by atoms with E-state index in [0.29, 0.717) is 9.54 Å². The molecule has 8 heteroatoms. The number of nitrogens with one attached hydrogen (secondary N) is 2. The van der Waals surface area contributed by atoms with Crippen LogP contribution in [0.4, 0.5) is 0 Å². The number of hydrogen-bond donors (Lipinski definition) is 2. The molecule has 0 radical (unpaired) electrons. The summed E-state index contributed by atoms with van der Waals surface area (Å²) in [7, 11) is 0. The maximum Gasteiger partial charge on any atom is 0.215 e. The molecule has 3 aromatic rings. The lowest BCUT2D eigenvalue weighted by Gasteiger charge is -2.05. The van der Waals surface area contributed by atoms with Gasteiger partial charge in [-0.2, -0.15) is 14.9 Å². The van der Waals surface area contributed by atoms with E-state index in [1.165, 1.54) is 15.8 Å². The Labute approximate surface area is 149 Å². The van der Waals surface area contributed by atoms with Crippen LogP contribution in [0, 0.1) is 30.3 Å². The van der Waals surface area contributed by atoms with Crippen molar-refractivity contribution in [2.24, 2.45) is 5.10 Å². The molecule has 0 aliphatic heterocycles. The summed E-state index contributed by atoms with van der Waals surface area (Å²) in [5, 5.41) is 14.5. The van der Waals surface area contributed by atoms with E-state index in [1.807, 2.05) is 18.5 Å². The van der Waals surface area contributed by atoms with Crippen molar-refractivity contribution in [2.45, 2.75) is 27.3 Å². The van der Waals surface area contributed by atoms with Gasteiger partial charge in [0.1, 0.15) is 0 Å². The van der Waals surface area contributed by atoms with Crippen molar-refractivity contribution < 1.29 is 0 Å². The summed E-state index contributed by atoms with van der Waals surface area (Å²) in [6, 6.07) is 8.47. The molecule has 0 bridgehead atoms. The van der Waals surface area contributed by atoms with Crippen LogP contribution in [0.5, 0.6) is 0 Å². The van der Waals surface area contributed by atoms with Gasteiger partial charge in [-0.25, -0.2) is 0 Å². The van der Waals surface area contributed by atoms with Crippen molar-refractivity contribution in [3.63, 3.8) is 0 Å². The van der Waals surface area contributed by atoms with Gasteiger partial charge in [0.05, 0.1) is 18.5 Å². The van der Waals surface area contributed by atoms with E-state index in [1.54, 1.807) is 6.21 Å². The third kappa shape index (κ3) is 3.29. The highest BCUT2D eigenvalue weighted by Gasteiger charge is 2.10. The largest absolute Gasteiger partial charge is 0.273 e. The van der Waals surface area contributed by atoms with Gasteiger partial charge in [0.15, 0.2) is 0 Å².